The van der Waals surface area contributed by atoms with Crippen molar-refractivity contribution in [1.29, 1.82) is 0 Å². The molecule has 5 atom stereocenters. The number of carbonyl (C=O) groups excluding carboxylic acids is 7. The smallest absolute Gasteiger partial charge is 0.243 e. The molecule has 0 saturated carbocycles. The fourth-order valence-corrected chi connectivity index (χ4v) is 5.13. The summed E-state index contributed by atoms with van der Waals surface area (Å²) in [6.07, 6.45) is 0.484. The number of nitrogens with zero attached hydrogens (tertiary/aromatic N) is 1. The average molecular weight is 703 g/mol. The number of benzene rings is 1. The normalized spacial score (nSPS) is 22.1. The van der Waals surface area contributed by atoms with E-state index in [0.29, 0.717) is 24.9 Å². The summed E-state index contributed by atoms with van der Waals surface area (Å²) in [7, 11) is 0. The SMILES string of the molecule is CC(=O)NCCCC[C@@H]1NC(=O)[C@H](CCCN=C(N)N)NC(=O)[C@H](Cc2ccc(O)cc2)NC(=O)[C@H](C(C)C)NC(=O)[C@H](CC(N)=O)NC1=O. The molecule has 0 bridgehead atoms. The van der Waals surface area contributed by atoms with Crippen LogP contribution in [0.1, 0.15) is 64.9 Å². The molecule has 50 heavy (non-hydrogen) atoms. The summed E-state index contributed by atoms with van der Waals surface area (Å²) in [5, 5.41) is 25.4. The van der Waals surface area contributed by atoms with Crippen LogP contribution >= 0.6 is 0 Å². The molecule has 1 aliphatic heterocycles. The van der Waals surface area contributed by atoms with Crippen molar-refractivity contribution in [3.63, 3.8) is 0 Å². The second kappa shape index (κ2) is 20.2. The van der Waals surface area contributed by atoms with Crippen LogP contribution in [-0.4, -0.2) is 95.7 Å². The Morgan fingerprint density at radius 2 is 1.28 bits per heavy atom. The lowest BCUT2D eigenvalue weighted by atomic mass is 10.00. The van der Waals surface area contributed by atoms with Crippen LogP contribution in [0, 0.1) is 5.92 Å². The van der Waals surface area contributed by atoms with Gasteiger partial charge in [0.15, 0.2) is 5.96 Å². The van der Waals surface area contributed by atoms with Crippen LogP contribution in [0.25, 0.3) is 0 Å². The number of guanidine groups is 1. The van der Waals surface area contributed by atoms with Crippen LogP contribution in [0.15, 0.2) is 29.3 Å². The standard InChI is InChI=1S/C32H50N10O8/c1-17(2)26-31(50)41-23(15-19-9-11-20(44)12-10-19)29(48)39-22(8-6-14-37-32(34)35)27(46)38-21(7-4-5-13-36-18(3)43)28(47)40-24(16-25(33)45)30(49)42-26/h9-12,17,21-24,26,44H,4-8,13-16H2,1-3H3,(H2,33,45)(H,36,43)(H,38,46)(H,39,48)(H,40,47)(H,41,50)(H,42,49)(H4,34,35,37)/t21-,22-,23-,24-,26-/m0/s1. The van der Waals surface area contributed by atoms with Gasteiger partial charge in [0, 0.05) is 26.4 Å². The molecule has 0 spiro atoms. The predicted molar refractivity (Wildman–Crippen MR) is 183 cm³/mol. The van der Waals surface area contributed by atoms with E-state index in [-0.39, 0.29) is 49.8 Å². The van der Waals surface area contributed by atoms with Gasteiger partial charge in [0.1, 0.15) is 36.0 Å². The summed E-state index contributed by atoms with van der Waals surface area (Å²) in [6, 6.07) is -0.474. The zero-order valence-corrected chi connectivity index (χ0v) is 28.6. The maximum Gasteiger partial charge on any atom is 0.243 e. The molecule has 0 aliphatic carbocycles. The Morgan fingerprint density at radius 3 is 1.82 bits per heavy atom. The molecule has 0 radical (unpaired) electrons. The van der Waals surface area contributed by atoms with Gasteiger partial charge in [-0.3, -0.25) is 38.6 Å². The Balaban J connectivity index is 2.57. The number of nitrogens with one attached hydrogen (secondary N) is 6. The van der Waals surface area contributed by atoms with Gasteiger partial charge >= 0.3 is 0 Å². The highest BCUT2D eigenvalue weighted by molar-refractivity contribution is 5.99. The van der Waals surface area contributed by atoms with Gasteiger partial charge in [0.25, 0.3) is 0 Å². The number of hydrogen-bond donors (Lipinski definition) is 10. The number of aromatic hydroxyl groups is 1. The molecule has 1 fully saturated rings. The maximum atomic E-state index is 13.8. The molecule has 1 heterocycles. The molecule has 1 saturated heterocycles. The Labute approximate surface area is 290 Å². The largest absolute Gasteiger partial charge is 0.508 e. The number of phenolic OH excluding ortho intramolecular Hbond substituents is 1. The Morgan fingerprint density at radius 1 is 0.760 bits per heavy atom. The first-order valence-corrected chi connectivity index (χ1v) is 16.4. The van der Waals surface area contributed by atoms with Gasteiger partial charge in [-0.2, -0.15) is 0 Å². The molecule has 0 unspecified atom stereocenters. The minimum absolute atomic E-state index is 0.0113. The first-order valence-electron chi connectivity index (χ1n) is 16.4. The average Bonchev–Trinajstić information content (AvgIpc) is 3.03. The van der Waals surface area contributed by atoms with Gasteiger partial charge < -0.3 is 54.2 Å². The number of rotatable bonds is 14. The Kier molecular flexibility index (Phi) is 16.4. The van der Waals surface area contributed by atoms with E-state index in [1.165, 1.54) is 19.1 Å². The van der Waals surface area contributed by atoms with Crippen molar-refractivity contribution in [3.8, 4) is 5.75 Å². The molecule has 7 amide bonds. The minimum atomic E-state index is -1.50. The highest BCUT2D eigenvalue weighted by Gasteiger charge is 2.35. The summed E-state index contributed by atoms with van der Waals surface area (Å²) in [5.41, 5.74) is 16.8. The fraction of sp³-hybridized carbons (Fsp3) is 0.562. The Hall–Kier alpha value is -5.42. The van der Waals surface area contributed by atoms with Gasteiger partial charge in [0.2, 0.25) is 41.4 Å². The summed E-state index contributed by atoms with van der Waals surface area (Å²) in [4.78, 5) is 95.5. The Bertz CT molecular complexity index is 1400. The van der Waals surface area contributed by atoms with Gasteiger partial charge in [-0.15, -0.1) is 0 Å². The first kappa shape index (κ1) is 40.8. The zero-order valence-electron chi connectivity index (χ0n) is 28.6. The number of primary amides is 1. The third kappa shape index (κ3) is 14.4. The highest BCUT2D eigenvalue weighted by Crippen LogP contribution is 2.14. The minimum Gasteiger partial charge on any atom is -0.508 e. The van der Waals surface area contributed by atoms with Crippen molar-refractivity contribution in [2.45, 2.75) is 95.9 Å². The van der Waals surface area contributed by atoms with Crippen molar-refractivity contribution in [1.82, 2.24) is 31.9 Å². The van der Waals surface area contributed by atoms with Crippen LogP contribution < -0.4 is 49.1 Å². The van der Waals surface area contributed by atoms with Gasteiger partial charge in [-0.25, -0.2) is 0 Å². The number of phenols is 1. The van der Waals surface area contributed by atoms with E-state index in [0.717, 1.165) is 0 Å². The van der Waals surface area contributed by atoms with E-state index in [2.05, 4.69) is 36.9 Å². The molecule has 1 aliphatic rings. The number of amides is 7. The maximum absolute atomic E-state index is 13.8. The lowest BCUT2D eigenvalue weighted by Gasteiger charge is -2.27. The van der Waals surface area contributed by atoms with E-state index < -0.39 is 78.0 Å². The number of unbranched alkanes of at least 4 members (excludes halogenated alkanes) is 1. The van der Waals surface area contributed by atoms with Crippen molar-refractivity contribution < 1.29 is 38.7 Å². The molecule has 0 aromatic heterocycles. The summed E-state index contributed by atoms with van der Waals surface area (Å²) in [5.74, 6) is -5.74. The van der Waals surface area contributed by atoms with Crippen molar-refractivity contribution in [2.75, 3.05) is 13.1 Å². The molecule has 18 heteroatoms. The van der Waals surface area contributed by atoms with Gasteiger partial charge in [-0.1, -0.05) is 26.0 Å². The van der Waals surface area contributed by atoms with Crippen LogP contribution in [0.4, 0.5) is 0 Å². The molecule has 1 aromatic rings. The fourth-order valence-electron chi connectivity index (χ4n) is 5.13. The second-order valence-electron chi connectivity index (χ2n) is 12.4. The second-order valence-corrected chi connectivity index (χ2v) is 12.4. The summed E-state index contributed by atoms with van der Waals surface area (Å²) < 4.78 is 0. The lowest BCUT2D eigenvalue weighted by molar-refractivity contribution is -0.135. The number of nitrogens with two attached hydrogens (primary N) is 3. The first-order chi connectivity index (χ1) is 23.6. The van der Waals surface area contributed by atoms with Crippen molar-refractivity contribution in [3.05, 3.63) is 29.8 Å². The number of hydrogen-bond acceptors (Lipinski definition) is 9. The van der Waals surface area contributed by atoms with Crippen molar-refractivity contribution in [2.24, 2.45) is 28.1 Å². The number of aliphatic imine (C=N–C) groups is 1. The van der Waals surface area contributed by atoms with Crippen LogP contribution in [0.2, 0.25) is 0 Å². The van der Waals surface area contributed by atoms with Gasteiger partial charge in [0.05, 0.1) is 6.42 Å². The van der Waals surface area contributed by atoms with Crippen molar-refractivity contribution >= 4 is 47.3 Å². The zero-order chi connectivity index (χ0) is 37.4. The molecular weight excluding hydrogens is 652 g/mol. The molecule has 13 N–H and O–H groups in total. The molecule has 276 valence electrons. The third-order valence-corrected chi connectivity index (χ3v) is 7.80. The molecule has 2 rings (SSSR count). The van der Waals surface area contributed by atoms with E-state index in [1.807, 2.05) is 0 Å². The van der Waals surface area contributed by atoms with Crippen LogP contribution in [0.5, 0.6) is 5.75 Å². The molecule has 1 aromatic carbocycles. The van der Waals surface area contributed by atoms with Gasteiger partial charge in [-0.05, 0) is 55.7 Å². The summed E-state index contributed by atoms with van der Waals surface area (Å²) in [6.45, 7) is 5.11. The molecular formula is C32H50N10O8. The monoisotopic (exact) mass is 702 g/mol. The van der Waals surface area contributed by atoms with E-state index in [1.54, 1.807) is 26.0 Å². The van der Waals surface area contributed by atoms with E-state index in [9.17, 15) is 38.7 Å². The topological polar surface area (TPSA) is 302 Å². The molecule has 18 nitrogen and oxygen atoms in total. The quantitative estimate of drug-likeness (QED) is 0.0542. The van der Waals surface area contributed by atoms with E-state index in [4.69, 9.17) is 17.2 Å². The third-order valence-electron chi connectivity index (χ3n) is 7.80. The highest BCUT2D eigenvalue weighted by atomic mass is 16.3. The predicted octanol–water partition coefficient (Wildman–Crippen LogP) is -2.74. The van der Waals surface area contributed by atoms with E-state index >= 15 is 0 Å². The number of carbonyl (C=O) groups is 7. The lowest BCUT2D eigenvalue weighted by Crippen LogP contribution is -2.59. The summed E-state index contributed by atoms with van der Waals surface area (Å²) >= 11 is 0. The van der Waals surface area contributed by atoms with Crippen LogP contribution in [0.3, 0.4) is 0 Å². The van der Waals surface area contributed by atoms with Crippen LogP contribution in [-0.2, 0) is 40.0 Å².